The van der Waals surface area contributed by atoms with Gasteiger partial charge in [0.25, 0.3) is 0 Å². The first-order valence-electron chi connectivity index (χ1n) is 7.34. The van der Waals surface area contributed by atoms with Crippen molar-refractivity contribution in [1.29, 1.82) is 0 Å². The van der Waals surface area contributed by atoms with Gasteiger partial charge in [0.05, 0.1) is 0 Å². The zero-order valence-corrected chi connectivity index (χ0v) is 11.7. The van der Waals surface area contributed by atoms with Crippen molar-refractivity contribution in [2.24, 2.45) is 5.92 Å². The molecule has 0 radical (unpaired) electrons. The summed E-state index contributed by atoms with van der Waals surface area (Å²) in [5.41, 5.74) is 1.41. The molecule has 0 amide bonds. The van der Waals surface area contributed by atoms with Crippen LogP contribution in [-0.4, -0.2) is 31.1 Å². The summed E-state index contributed by atoms with van der Waals surface area (Å²) in [5.74, 6) is 0.975. The van der Waals surface area contributed by atoms with Crippen molar-refractivity contribution in [3.8, 4) is 0 Å². The Morgan fingerprint density at radius 2 is 1.94 bits per heavy atom. The second-order valence-electron chi connectivity index (χ2n) is 5.32. The van der Waals surface area contributed by atoms with Crippen LogP contribution in [0.25, 0.3) is 0 Å². The Labute approximate surface area is 111 Å². The molecule has 2 rings (SSSR count). The minimum absolute atomic E-state index is 0.468. The first kappa shape index (κ1) is 13.6. The van der Waals surface area contributed by atoms with Crippen LogP contribution in [0.5, 0.6) is 0 Å². The Kier molecular flexibility index (Phi) is 5.21. The van der Waals surface area contributed by atoms with Gasteiger partial charge in [-0.25, -0.2) is 0 Å². The number of nitrogens with zero attached hydrogens (tertiary/aromatic N) is 1. The van der Waals surface area contributed by atoms with Crippen molar-refractivity contribution in [2.75, 3.05) is 26.2 Å². The van der Waals surface area contributed by atoms with Crippen molar-refractivity contribution >= 4 is 0 Å². The van der Waals surface area contributed by atoms with Crippen molar-refractivity contribution in [1.82, 2.24) is 10.2 Å². The monoisotopic (exact) mass is 246 g/mol. The predicted molar refractivity (Wildman–Crippen MR) is 77.7 cm³/mol. The molecule has 1 aromatic carbocycles. The molecule has 0 saturated heterocycles. The van der Waals surface area contributed by atoms with Crippen molar-refractivity contribution in [3.05, 3.63) is 35.9 Å². The van der Waals surface area contributed by atoms with Gasteiger partial charge < -0.3 is 10.2 Å². The molecule has 0 heterocycles. The van der Waals surface area contributed by atoms with E-state index >= 15 is 0 Å². The number of hydrogen-bond acceptors (Lipinski definition) is 2. The molecule has 1 N–H and O–H groups in total. The fraction of sp³-hybridized carbons (Fsp3) is 0.625. The highest BCUT2D eigenvalue weighted by Gasteiger charge is 2.25. The van der Waals surface area contributed by atoms with E-state index in [4.69, 9.17) is 0 Å². The molecule has 0 bridgehead atoms. The lowest BCUT2D eigenvalue weighted by atomic mass is 10.1. The third-order valence-corrected chi connectivity index (χ3v) is 3.75. The molecule has 1 atom stereocenters. The average Bonchev–Trinajstić information content (AvgIpc) is 3.22. The molecule has 2 heteroatoms. The van der Waals surface area contributed by atoms with Gasteiger partial charge in [0.1, 0.15) is 0 Å². The van der Waals surface area contributed by atoms with Crippen molar-refractivity contribution in [2.45, 2.75) is 32.7 Å². The van der Waals surface area contributed by atoms with Gasteiger partial charge in [-0.3, -0.25) is 0 Å². The summed E-state index contributed by atoms with van der Waals surface area (Å²) in [6.07, 6.45) is 2.88. The molecular formula is C16H26N2. The van der Waals surface area contributed by atoms with E-state index in [1.54, 1.807) is 0 Å². The molecule has 100 valence electrons. The molecule has 1 saturated carbocycles. The lowest BCUT2D eigenvalue weighted by molar-refractivity contribution is 0.245. The largest absolute Gasteiger partial charge is 0.309 e. The van der Waals surface area contributed by atoms with E-state index in [-0.39, 0.29) is 0 Å². The van der Waals surface area contributed by atoms with Gasteiger partial charge in [-0.05, 0) is 37.4 Å². The molecule has 2 nitrogen and oxygen atoms in total. The van der Waals surface area contributed by atoms with E-state index in [0.29, 0.717) is 6.04 Å². The van der Waals surface area contributed by atoms with Crippen LogP contribution in [0.3, 0.4) is 0 Å². The molecule has 1 aromatic rings. The highest BCUT2D eigenvalue weighted by molar-refractivity contribution is 5.19. The van der Waals surface area contributed by atoms with Crippen LogP contribution in [0, 0.1) is 5.92 Å². The highest BCUT2D eigenvalue weighted by atomic mass is 15.1. The Bertz CT molecular complexity index is 332. The minimum Gasteiger partial charge on any atom is -0.309 e. The molecule has 0 spiro atoms. The van der Waals surface area contributed by atoms with Crippen LogP contribution in [0.4, 0.5) is 0 Å². The van der Waals surface area contributed by atoms with E-state index in [1.165, 1.54) is 24.9 Å². The van der Waals surface area contributed by atoms with Crippen LogP contribution in [-0.2, 0) is 0 Å². The molecule has 0 aromatic heterocycles. The van der Waals surface area contributed by atoms with Crippen LogP contribution >= 0.6 is 0 Å². The van der Waals surface area contributed by atoms with E-state index < -0.39 is 0 Å². The number of benzene rings is 1. The van der Waals surface area contributed by atoms with Crippen LogP contribution in [0.15, 0.2) is 30.3 Å². The summed E-state index contributed by atoms with van der Waals surface area (Å²) >= 11 is 0. The Balaban J connectivity index is 1.95. The summed E-state index contributed by atoms with van der Waals surface area (Å²) in [4.78, 5) is 2.60. The first-order chi connectivity index (χ1) is 8.83. The molecule has 1 unspecified atom stereocenters. The third-order valence-electron chi connectivity index (χ3n) is 3.75. The quantitative estimate of drug-likeness (QED) is 0.758. The summed E-state index contributed by atoms with van der Waals surface area (Å²) in [6.45, 7) is 9.06. The van der Waals surface area contributed by atoms with E-state index in [9.17, 15) is 0 Å². The number of nitrogens with one attached hydrogen (secondary N) is 1. The normalized spacial score (nSPS) is 17.1. The zero-order valence-electron chi connectivity index (χ0n) is 11.7. The number of likely N-dealkylation sites (N-methyl/N-ethyl adjacent to an activating group) is 2. The van der Waals surface area contributed by atoms with Gasteiger partial charge in [0, 0.05) is 19.1 Å². The fourth-order valence-electron chi connectivity index (χ4n) is 2.48. The van der Waals surface area contributed by atoms with Gasteiger partial charge >= 0.3 is 0 Å². The van der Waals surface area contributed by atoms with Gasteiger partial charge in [-0.2, -0.15) is 0 Å². The lowest BCUT2D eigenvalue weighted by Crippen LogP contribution is -2.36. The van der Waals surface area contributed by atoms with Crippen LogP contribution in [0.1, 0.15) is 38.3 Å². The number of rotatable bonds is 8. The van der Waals surface area contributed by atoms with Crippen molar-refractivity contribution < 1.29 is 0 Å². The van der Waals surface area contributed by atoms with Gasteiger partial charge in [-0.1, -0.05) is 44.2 Å². The smallest absolute Gasteiger partial charge is 0.0449 e. The minimum atomic E-state index is 0.468. The van der Waals surface area contributed by atoms with Crippen LogP contribution < -0.4 is 5.32 Å². The SMILES string of the molecule is CCNC(CN(CC)CC1CC1)c1ccccc1. The molecular weight excluding hydrogens is 220 g/mol. The first-order valence-corrected chi connectivity index (χ1v) is 7.34. The average molecular weight is 246 g/mol. The maximum absolute atomic E-state index is 3.62. The maximum atomic E-state index is 3.62. The van der Waals surface area contributed by atoms with Crippen LogP contribution in [0.2, 0.25) is 0 Å². The second kappa shape index (κ2) is 6.91. The Morgan fingerprint density at radius 1 is 1.22 bits per heavy atom. The Morgan fingerprint density at radius 3 is 2.50 bits per heavy atom. The maximum Gasteiger partial charge on any atom is 0.0449 e. The second-order valence-corrected chi connectivity index (χ2v) is 5.32. The lowest BCUT2D eigenvalue weighted by Gasteiger charge is -2.27. The van der Waals surface area contributed by atoms with E-state index in [2.05, 4.69) is 54.4 Å². The molecule has 1 aliphatic rings. The Hall–Kier alpha value is -0.860. The summed E-state index contributed by atoms with van der Waals surface area (Å²) in [6, 6.07) is 11.3. The molecule has 18 heavy (non-hydrogen) atoms. The van der Waals surface area contributed by atoms with Gasteiger partial charge in [-0.15, -0.1) is 0 Å². The standard InChI is InChI=1S/C16H26N2/c1-3-17-16(15-8-6-5-7-9-15)13-18(4-2)12-14-10-11-14/h5-9,14,16-17H,3-4,10-13H2,1-2H3. The topological polar surface area (TPSA) is 15.3 Å². The van der Waals surface area contributed by atoms with E-state index in [0.717, 1.165) is 25.6 Å². The molecule has 1 fully saturated rings. The highest BCUT2D eigenvalue weighted by Crippen LogP contribution is 2.30. The fourth-order valence-corrected chi connectivity index (χ4v) is 2.48. The van der Waals surface area contributed by atoms with E-state index in [1.807, 2.05) is 0 Å². The van der Waals surface area contributed by atoms with Gasteiger partial charge in [0.15, 0.2) is 0 Å². The number of hydrogen-bond donors (Lipinski definition) is 1. The summed E-state index contributed by atoms with van der Waals surface area (Å²) in [7, 11) is 0. The molecule has 0 aliphatic heterocycles. The zero-order chi connectivity index (χ0) is 12.8. The summed E-state index contributed by atoms with van der Waals surface area (Å²) < 4.78 is 0. The van der Waals surface area contributed by atoms with Crippen molar-refractivity contribution in [3.63, 3.8) is 0 Å². The predicted octanol–water partition coefficient (Wildman–Crippen LogP) is 3.07. The van der Waals surface area contributed by atoms with Gasteiger partial charge in [0.2, 0.25) is 0 Å². The third kappa shape index (κ3) is 4.11. The molecule has 1 aliphatic carbocycles. The summed E-state index contributed by atoms with van der Waals surface area (Å²) in [5, 5.41) is 3.62.